The van der Waals surface area contributed by atoms with Crippen LogP contribution >= 0.6 is 0 Å². The second kappa shape index (κ2) is 4.55. The maximum Gasteiger partial charge on any atom is 0.236 e. The van der Waals surface area contributed by atoms with Crippen LogP contribution in [0.5, 0.6) is 0 Å². The predicted molar refractivity (Wildman–Crippen MR) is 47.3 cm³/mol. The molecule has 1 heterocycles. The van der Waals surface area contributed by atoms with Crippen LogP contribution in [0.25, 0.3) is 0 Å². The molecule has 1 aliphatic rings. The van der Waals surface area contributed by atoms with Crippen LogP contribution in [0.2, 0.25) is 0 Å². The molecule has 1 amide bonds. The quantitative estimate of drug-likeness (QED) is 0.561. The highest BCUT2D eigenvalue weighted by Crippen LogP contribution is 2.12. The number of methoxy groups -OCH3 is 1. The van der Waals surface area contributed by atoms with Gasteiger partial charge in [-0.05, 0) is 7.05 Å². The molecule has 0 aromatic rings. The first kappa shape index (κ1) is 10.4. The molecule has 1 aliphatic heterocycles. The summed E-state index contributed by atoms with van der Waals surface area (Å²) in [7, 11) is 3.26. The van der Waals surface area contributed by atoms with E-state index >= 15 is 0 Å². The first-order valence-corrected chi connectivity index (χ1v) is 4.32. The van der Waals surface area contributed by atoms with Crippen molar-refractivity contribution in [2.45, 2.75) is 12.2 Å². The van der Waals surface area contributed by atoms with E-state index in [4.69, 9.17) is 4.74 Å². The average Bonchev–Trinajstić information content (AvgIpc) is 2.47. The van der Waals surface area contributed by atoms with Gasteiger partial charge in [-0.1, -0.05) is 0 Å². The summed E-state index contributed by atoms with van der Waals surface area (Å²) < 4.78 is 5.02. The Bertz CT molecular complexity index is 186. The number of carbonyl (C=O) groups excluding carboxylic acids is 1. The molecular formula is C8H16N2O3. The molecule has 2 atom stereocenters. The number of aliphatic hydroxyl groups excluding tert-OH is 1. The number of hydrogen-bond acceptors (Lipinski definition) is 4. The lowest BCUT2D eigenvalue weighted by Crippen LogP contribution is -2.36. The highest BCUT2D eigenvalue weighted by molar-refractivity contribution is 5.78. The Morgan fingerprint density at radius 2 is 2.38 bits per heavy atom. The van der Waals surface area contributed by atoms with E-state index in [0.29, 0.717) is 19.6 Å². The molecule has 0 spiro atoms. The Hall–Kier alpha value is -0.650. The van der Waals surface area contributed by atoms with E-state index in [2.05, 4.69) is 5.32 Å². The summed E-state index contributed by atoms with van der Waals surface area (Å²) in [4.78, 5) is 13.0. The Kier molecular flexibility index (Phi) is 3.65. The van der Waals surface area contributed by atoms with Gasteiger partial charge in [-0.2, -0.15) is 0 Å². The monoisotopic (exact) mass is 188 g/mol. The van der Waals surface area contributed by atoms with E-state index in [9.17, 15) is 9.90 Å². The number of amides is 1. The van der Waals surface area contributed by atoms with Crippen molar-refractivity contribution in [2.24, 2.45) is 0 Å². The molecule has 0 bridgehead atoms. The minimum absolute atomic E-state index is 0.00102. The van der Waals surface area contributed by atoms with Gasteiger partial charge in [0.05, 0.1) is 12.6 Å². The maximum atomic E-state index is 11.3. The van der Waals surface area contributed by atoms with Crippen molar-refractivity contribution >= 4 is 5.91 Å². The number of aliphatic hydroxyl groups is 1. The van der Waals surface area contributed by atoms with E-state index in [1.54, 1.807) is 19.1 Å². The van der Waals surface area contributed by atoms with Gasteiger partial charge in [0.2, 0.25) is 5.91 Å². The summed E-state index contributed by atoms with van der Waals surface area (Å²) in [6.45, 7) is 1.17. The third kappa shape index (κ3) is 2.40. The van der Waals surface area contributed by atoms with Crippen LogP contribution in [0.1, 0.15) is 0 Å². The van der Waals surface area contributed by atoms with Crippen molar-refractivity contribution in [3.05, 3.63) is 0 Å². The fourth-order valence-electron chi connectivity index (χ4n) is 1.46. The van der Waals surface area contributed by atoms with Gasteiger partial charge in [-0.25, -0.2) is 0 Å². The third-order valence-electron chi connectivity index (χ3n) is 2.22. The van der Waals surface area contributed by atoms with E-state index < -0.39 is 6.10 Å². The zero-order valence-corrected chi connectivity index (χ0v) is 7.99. The fraction of sp³-hybridized carbons (Fsp3) is 0.875. The summed E-state index contributed by atoms with van der Waals surface area (Å²) in [5, 5.41) is 12.2. The van der Waals surface area contributed by atoms with Crippen LogP contribution in [0.4, 0.5) is 0 Å². The Morgan fingerprint density at radius 1 is 1.69 bits per heavy atom. The van der Waals surface area contributed by atoms with Crippen molar-refractivity contribution in [1.82, 2.24) is 10.2 Å². The lowest BCUT2D eigenvalue weighted by Gasteiger charge is -2.14. The van der Waals surface area contributed by atoms with Crippen LogP contribution in [0.15, 0.2) is 0 Å². The number of rotatable bonds is 3. The zero-order chi connectivity index (χ0) is 9.84. The number of hydrogen-bond donors (Lipinski definition) is 2. The summed E-state index contributed by atoms with van der Waals surface area (Å²) in [6, 6.07) is 0. The topological polar surface area (TPSA) is 61.8 Å². The SMILES string of the molecule is CNCC(=O)N1C[C@@H](O)[C@H](OC)C1. The number of β-amino-alcohol motifs (C(OH)–C–C–N with tert-alkyl or cyclic N) is 1. The Balaban J connectivity index is 2.43. The minimum atomic E-state index is -0.550. The first-order chi connectivity index (χ1) is 6.19. The van der Waals surface area contributed by atoms with Gasteiger partial charge in [-0.3, -0.25) is 4.79 Å². The molecule has 1 rings (SSSR count). The average molecular weight is 188 g/mol. The molecule has 5 heteroatoms. The number of nitrogens with one attached hydrogen (secondary N) is 1. The van der Waals surface area contributed by atoms with Crippen molar-refractivity contribution < 1.29 is 14.6 Å². The highest BCUT2D eigenvalue weighted by Gasteiger charge is 2.33. The normalized spacial score (nSPS) is 28.1. The Labute approximate surface area is 77.7 Å². The van der Waals surface area contributed by atoms with Gasteiger partial charge in [-0.15, -0.1) is 0 Å². The van der Waals surface area contributed by atoms with E-state index in [0.717, 1.165) is 0 Å². The van der Waals surface area contributed by atoms with Crippen LogP contribution in [-0.4, -0.2) is 61.9 Å². The zero-order valence-electron chi connectivity index (χ0n) is 7.99. The molecule has 1 fully saturated rings. The smallest absolute Gasteiger partial charge is 0.236 e. The lowest BCUT2D eigenvalue weighted by atomic mass is 10.3. The molecule has 0 aromatic heterocycles. The molecule has 0 radical (unpaired) electrons. The van der Waals surface area contributed by atoms with Crippen molar-refractivity contribution in [2.75, 3.05) is 33.8 Å². The van der Waals surface area contributed by atoms with Gasteiger partial charge >= 0.3 is 0 Å². The third-order valence-corrected chi connectivity index (χ3v) is 2.22. The summed E-state index contributed by atoms with van der Waals surface area (Å²) >= 11 is 0. The molecule has 1 saturated heterocycles. The minimum Gasteiger partial charge on any atom is -0.388 e. The first-order valence-electron chi connectivity index (χ1n) is 4.32. The highest BCUT2D eigenvalue weighted by atomic mass is 16.5. The van der Waals surface area contributed by atoms with Crippen LogP contribution < -0.4 is 5.32 Å². The summed E-state index contributed by atoms with van der Waals surface area (Å²) in [5.74, 6) is 0.00102. The molecular weight excluding hydrogens is 172 g/mol. The van der Waals surface area contributed by atoms with Crippen molar-refractivity contribution in [1.29, 1.82) is 0 Å². The largest absolute Gasteiger partial charge is 0.388 e. The second-order valence-electron chi connectivity index (χ2n) is 3.17. The van der Waals surface area contributed by atoms with Crippen molar-refractivity contribution in [3.63, 3.8) is 0 Å². The number of likely N-dealkylation sites (N-methyl/N-ethyl adjacent to an activating group) is 1. The van der Waals surface area contributed by atoms with Gasteiger partial charge in [0.1, 0.15) is 6.10 Å². The number of carbonyl (C=O) groups is 1. The number of ether oxygens (including phenoxy) is 1. The number of likely N-dealkylation sites (tertiary alicyclic amines) is 1. The van der Waals surface area contributed by atoms with E-state index in [-0.39, 0.29) is 12.0 Å². The second-order valence-corrected chi connectivity index (χ2v) is 3.17. The van der Waals surface area contributed by atoms with Gasteiger partial charge < -0.3 is 20.1 Å². The molecule has 0 saturated carbocycles. The fourth-order valence-corrected chi connectivity index (χ4v) is 1.46. The maximum absolute atomic E-state index is 11.3. The molecule has 0 unspecified atom stereocenters. The van der Waals surface area contributed by atoms with E-state index in [1.165, 1.54) is 0 Å². The van der Waals surface area contributed by atoms with Crippen molar-refractivity contribution in [3.8, 4) is 0 Å². The van der Waals surface area contributed by atoms with Gasteiger partial charge in [0.15, 0.2) is 0 Å². The lowest BCUT2D eigenvalue weighted by molar-refractivity contribution is -0.129. The summed E-state index contributed by atoms with van der Waals surface area (Å²) in [5.41, 5.74) is 0. The van der Waals surface area contributed by atoms with Gasteiger partial charge in [0, 0.05) is 20.2 Å². The molecule has 0 aromatic carbocycles. The van der Waals surface area contributed by atoms with Crippen LogP contribution in [0.3, 0.4) is 0 Å². The molecule has 0 aliphatic carbocycles. The molecule has 5 nitrogen and oxygen atoms in total. The van der Waals surface area contributed by atoms with E-state index in [1.807, 2.05) is 0 Å². The van der Waals surface area contributed by atoms with Gasteiger partial charge in [0.25, 0.3) is 0 Å². The number of nitrogens with zero attached hydrogens (tertiary/aromatic N) is 1. The molecule has 76 valence electrons. The van der Waals surface area contributed by atoms with Crippen LogP contribution in [0, 0.1) is 0 Å². The Morgan fingerprint density at radius 3 is 2.85 bits per heavy atom. The predicted octanol–water partition coefficient (Wildman–Crippen LogP) is -1.58. The molecule has 2 N–H and O–H groups in total. The molecule has 13 heavy (non-hydrogen) atoms. The van der Waals surface area contributed by atoms with Crippen LogP contribution in [-0.2, 0) is 9.53 Å². The summed E-state index contributed by atoms with van der Waals surface area (Å²) in [6.07, 6.45) is -0.786. The standard InChI is InChI=1S/C8H16N2O3/c1-9-3-8(12)10-4-6(11)7(5-10)13-2/h6-7,9,11H,3-5H2,1-2H3/t6-,7-/m1/s1.